The van der Waals surface area contributed by atoms with Gasteiger partial charge in [-0.2, -0.15) is 5.26 Å². The van der Waals surface area contributed by atoms with Gasteiger partial charge >= 0.3 is 0 Å². The van der Waals surface area contributed by atoms with E-state index in [1.807, 2.05) is 6.07 Å². The molecule has 1 amide bonds. The van der Waals surface area contributed by atoms with Gasteiger partial charge in [0, 0.05) is 37.6 Å². The molecule has 0 unspecified atom stereocenters. The Bertz CT molecular complexity index is 1050. The lowest BCUT2D eigenvalue weighted by Crippen LogP contribution is -2.48. The molecule has 3 heterocycles. The van der Waals surface area contributed by atoms with Crippen LogP contribution < -0.4 is 14.8 Å². The summed E-state index contributed by atoms with van der Waals surface area (Å²) in [6.45, 7) is 7.29. The third-order valence-corrected chi connectivity index (χ3v) is 7.72. The van der Waals surface area contributed by atoms with E-state index in [1.165, 1.54) is 10.4 Å². The second-order valence-corrected chi connectivity index (χ2v) is 10.1. The van der Waals surface area contributed by atoms with Gasteiger partial charge in [-0.3, -0.25) is 14.6 Å². The van der Waals surface area contributed by atoms with E-state index in [1.54, 1.807) is 11.3 Å². The predicted molar refractivity (Wildman–Crippen MR) is 123 cm³/mol. The zero-order valence-electron chi connectivity index (χ0n) is 18.4. The fourth-order valence-electron chi connectivity index (χ4n) is 4.73. The molecule has 1 fully saturated rings. The van der Waals surface area contributed by atoms with Crippen LogP contribution in [0, 0.1) is 17.2 Å². The fraction of sp³-hybridized carbons (Fsp3) is 0.500. The van der Waals surface area contributed by atoms with Gasteiger partial charge in [0.25, 0.3) is 0 Å². The quantitative estimate of drug-likeness (QED) is 0.751. The summed E-state index contributed by atoms with van der Waals surface area (Å²) in [4.78, 5) is 18.6. The van der Waals surface area contributed by atoms with E-state index in [2.05, 4.69) is 40.2 Å². The molecule has 1 atom stereocenters. The largest absolute Gasteiger partial charge is 0.454 e. The second-order valence-electron chi connectivity index (χ2n) is 8.96. The lowest BCUT2D eigenvalue weighted by molar-refractivity contribution is -0.117. The van der Waals surface area contributed by atoms with Gasteiger partial charge in [-0.15, -0.1) is 11.3 Å². The van der Waals surface area contributed by atoms with Crippen molar-refractivity contribution in [3.05, 3.63) is 39.8 Å². The third kappa shape index (κ3) is 4.46. The summed E-state index contributed by atoms with van der Waals surface area (Å²) >= 11 is 1.59. The molecular formula is C24H28N4O3S. The summed E-state index contributed by atoms with van der Waals surface area (Å²) in [5.41, 5.74) is 3.04. The summed E-state index contributed by atoms with van der Waals surface area (Å²) in [5, 5.41) is 13.4. The number of nitriles is 1. The van der Waals surface area contributed by atoms with Gasteiger partial charge in [0.15, 0.2) is 11.5 Å². The lowest BCUT2D eigenvalue weighted by Gasteiger charge is -2.34. The Morgan fingerprint density at radius 2 is 2.00 bits per heavy atom. The highest BCUT2D eigenvalue weighted by molar-refractivity contribution is 7.16. The molecule has 8 heteroatoms. The summed E-state index contributed by atoms with van der Waals surface area (Å²) in [6, 6.07) is 8.44. The Kier molecular flexibility index (Phi) is 6.05. The molecule has 1 saturated heterocycles. The third-order valence-electron chi connectivity index (χ3n) is 6.55. The highest BCUT2D eigenvalue weighted by Gasteiger charge is 2.26. The summed E-state index contributed by atoms with van der Waals surface area (Å²) in [5.74, 6) is 2.24. The number of rotatable bonds is 5. The zero-order valence-corrected chi connectivity index (χ0v) is 19.2. The number of carbonyl (C=O) groups excluding carboxylic acids is 1. The minimum atomic E-state index is -0.0302. The number of hydrogen-bond donors (Lipinski definition) is 1. The second kappa shape index (κ2) is 9.10. The standard InChI is InChI=1S/C24H28N4O3S/c1-16-2-4-18-19(12-25)24(32-22(18)10-16)26-23(29)14-28-8-6-27(7-9-28)13-17-3-5-20-21(11-17)31-15-30-20/h3,5,11,16H,2,4,6-10,13-15H2,1H3,(H,26,29)/t16-/m1/s1. The highest BCUT2D eigenvalue weighted by atomic mass is 32.1. The minimum absolute atomic E-state index is 0.0302. The van der Waals surface area contributed by atoms with Crippen LogP contribution in [0.15, 0.2) is 18.2 Å². The van der Waals surface area contributed by atoms with Gasteiger partial charge in [-0.05, 0) is 48.4 Å². The van der Waals surface area contributed by atoms with Crippen LogP contribution in [0.2, 0.25) is 0 Å². The van der Waals surface area contributed by atoms with Crippen molar-refractivity contribution in [3.8, 4) is 17.6 Å². The van der Waals surface area contributed by atoms with E-state index in [4.69, 9.17) is 9.47 Å². The number of piperazine rings is 1. The zero-order chi connectivity index (χ0) is 22.1. The first-order valence-electron chi connectivity index (χ1n) is 11.3. The molecule has 3 aliphatic rings. The topological polar surface area (TPSA) is 77.8 Å². The van der Waals surface area contributed by atoms with Crippen molar-refractivity contribution >= 4 is 22.2 Å². The van der Waals surface area contributed by atoms with Crippen LogP contribution in [-0.4, -0.2) is 55.2 Å². The SMILES string of the molecule is C[C@@H]1CCc2c(sc(NC(=O)CN3CCN(Cc4ccc5c(c4)OCO5)CC3)c2C#N)C1. The molecule has 1 aromatic heterocycles. The maximum absolute atomic E-state index is 12.7. The molecule has 1 aromatic carbocycles. The van der Waals surface area contributed by atoms with Gasteiger partial charge < -0.3 is 14.8 Å². The Morgan fingerprint density at radius 3 is 2.81 bits per heavy atom. The van der Waals surface area contributed by atoms with Crippen LogP contribution in [0.3, 0.4) is 0 Å². The number of fused-ring (bicyclic) bond motifs is 2. The van der Waals surface area contributed by atoms with E-state index in [9.17, 15) is 10.1 Å². The summed E-state index contributed by atoms with van der Waals surface area (Å²) in [7, 11) is 0. The highest BCUT2D eigenvalue weighted by Crippen LogP contribution is 2.39. The Hall–Kier alpha value is -2.60. The van der Waals surface area contributed by atoms with Crippen molar-refractivity contribution in [3.63, 3.8) is 0 Å². The first-order valence-corrected chi connectivity index (χ1v) is 12.1. The smallest absolute Gasteiger partial charge is 0.239 e. The number of thiophene rings is 1. The van der Waals surface area contributed by atoms with Crippen molar-refractivity contribution < 1.29 is 14.3 Å². The van der Waals surface area contributed by atoms with Gasteiger partial charge in [0.1, 0.15) is 11.1 Å². The van der Waals surface area contributed by atoms with Crippen LogP contribution >= 0.6 is 11.3 Å². The Balaban J connectivity index is 1.12. The number of ether oxygens (including phenoxy) is 2. The van der Waals surface area contributed by atoms with E-state index < -0.39 is 0 Å². The average molecular weight is 453 g/mol. The van der Waals surface area contributed by atoms with E-state index >= 15 is 0 Å². The van der Waals surface area contributed by atoms with Gasteiger partial charge in [0.05, 0.1) is 12.1 Å². The van der Waals surface area contributed by atoms with Crippen LogP contribution in [0.5, 0.6) is 11.5 Å². The van der Waals surface area contributed by atoms with Gasteiger partial charge in [0.2, 0.25) is 12.7 Å². The first kappa shape index (κ1) is 21.3. The normalized spacial score (nSPS) is 20.6. The molecule has 0 bridgehead atoms. The molecule has 7 nitrogen and oxygen atoms in total. The molecular weight excluding hydrogens is 424 g/mol. The van der Waals surface area contributed by atoms with Crippen molar-refractivity contribution in [1.82, 2.24) is 9.80 Å². The molecule has 0 radical (unpaired) electrons. The number of nitrogens with one attached hydrogen (secondary N) is 1. The predicted octanol–water partition coefficient (Wildman–Crippen LogP) is 3.23. The van der Waals surface area contributed by atoms with E-state index in [-0.39, 0.29) is 5.91 Å². The van der Waals surface area contributed by atoms with E-state index in [0.29, 0.717) is 24.8 Å². The van der Waals surface area contributed by atoms with E-state index in [0.717, 1.165) is 74.0 Å². The monoisotopic (exact) mass is 452 g/mol. The molecule has 2 aliphatic heterocycles. The van der Waals surface area contributed by atoms with Crippen LogP contribution in [0.1, 0.15) is 34.9 Å². The minimum Gasteiger partial charge on any atom is -0.454 e. The average Bonchev–Trinajstić information content (AvgIpc) is 3.38. The molecule has 1 aliphatic carbocycles. The number of amides is 1. The maximum Gasteiger partial charge on any atom is 0.239 e. The number of carbonyl (C=O) groups is 1. The van der Waals surface area contributed by atoms with Gasteiger partial charge in [-0.1, -0.05) is 13.0 Å². The molecule has 2 aromatic rings. The summed E-state index contributed by atoms with van der Waals surface area (Å²) < 4.78 is 10.9. The first-order chi connectivity index (χ1) is 15.6. The Labute approximate surface area is 192 Å². The fourth-order valence-corrected chi connectivity index (χ4v) is 6.11. The molecule has 32 heavy (non-hydrogen) atoms. The van der Waals surface area contributed by atoms with Crippen molar-refractivity contribution in [2.45, 2.75) is 32.7 Å². The van der Waals surface area contributed by atoms with Crippen molar-refractivity contribution in [1.29, 1.82) is 5.26 Å². The lowest BCUT2D eigenvalue weighted by atomic mass is 9.89. The number of nitrogens with zero attached hydrogens (tertiary/aromatic N) is 3. The number of anilines is 1. The van der Waals surface area contributed by atoms with Crippen LogP contribution in [0.25, 0.3) is 0 Å². The number of benzene rings is 1. The number of hydrogen-bond acceptors (Lipinski definition) is 7. The van der Waals surface area contributed by atoms with Crippen LogP contribution in [-0.2, 0) is 24.2 Å². The molecule has 168 valence electrons. The van der Waals surface area contributed by atoms with Crippen molar-refractivity contribution in [2.75, 3.05) is 44.8 Å². The van der Waals surface area contributed by atoms with Crippen LogP contribution in [0.4, 0.5) is 5.00 Å². The molecule has 1 N–H and O–H groups in total. The summed E-state index contributed by atoms with van der Waals surface area (Å²) in [6.07, 6.45) is 3.06. The molecule has 0 spiro atoms. The van der Waals surface area contributed by atoms with Gasteiger partial charge in [-0.25, -0.2) is 0 Å². The molecule has 0 saturated carbocycles. The Morgan fingerprint density at radius 1 is 1.22 bits per heavy atom. The molecule has 5 rings (SSSR count). The maximum atomic E-state index is 12.7. The van der Waals surface area contributed by atoms with Crippen molar-refractivity contribution in [2.24, 2.45) is 5.92 Å².